The number of nitrogens with one attached hydrogen (secondary N) is 1. The molecule has 0 bridgehead atoms. The topological polar surface area (TPSA) is 54.4 Å². The SMILES string of the molecule is CN1CCSCC1C(Cc1ccoc1)NN. The molecule has 2 unspecified atom stereocenters. The summed E-state index contributed by atoms with van der Waals surface area (Å²) in [5.74, 6) is 8.03. The average molecular weight is 241 g/mol. The third-order valence-electron chi connectivity index (χ3n) is 3.16. The van der Waals surface area contributed by atoms with Gasteiger partial charge in [-0.25, -0.2) is 0 Å². The van der Waals surface area contributed by atoms with E-state index in [1.165, 1.54) is 11.3 Å². The van der Waals surface area contributed by atoms with Crippen LogP contribution in [-0.2, 0) is 6.42 Å². The summed E-state index contributed by atoms with van der Waals surface area (Å²) in [7, 11) is 2.17. The first-order chi connectivity index (χ1) is 7.81. The van der Waals surface area contributed by atoms with Gasteiger partial charge in [0.2, 0.25) is 0 Å². The standard InChI is InChI=1S/C11H19N3OS/c1-14-3-5-16-8-11(14)10(13-12)6-9-2-4-15-7-9/h2,4,7,10-11,13H,3,5-6,8,12H2,1H3. The molecule has 90 valence electrons. The van der Waals surface area contributed by atoms with Crippen LogP contribution in [0.5, 0.6) is 0 Å². The van der Waals surface area contributed by atoms with Crippen LogP contribution in [0.25, 0.3) is 0 Å². The number of hydrogen-bond donors (Lipinski definition) is 2. The highest BCUT2D eigenvalue weighted by Gasteiger charge is 2.27. The Morgan fingerprint density at radius 2 is 2.62 bits per heavy atom. The van der Waals surface area contributed by atoms with E-state index in [2.05, 4.69) is 17.4 Å². The third kappa shape index (κ3) is 2.79. The minimum absolute atomic E-state index is 0.287. The summed E-state index contributed by atoms with van der Waals surface area (Å²) in [6.07, 6.45) is 4.42. The molecule has 1 saturated heterocycles. The summed E-state index contributed by atoms with van der Waals surface area (Å²) in [5, 5.41) is 0. The van der Waals surface area contributed by atoms with Gasteiger partial charge in [-0.3, -0.25) is 11.3 Å². The molecule has 3 N–H and O–H groups in total. The molecule has 1 aromatic heterocycles. The Bertz CT molecular complexity index is 304. The molecule has 16 heavy (non-hydrogen) atoms. The molecule has 1 aliphatic heterocycles. The van der Waals surface area contributed by atoms with Crippen molar-refractivity contribution in [2.24, 2.45) is 5.84 Å². The van der Waals surface area contributed by atoms with E-state index in [0.29, 0.717) is 6.04 Å². The largest absolute Gasteiger partial charge is 0.472 e. The minimum Gasteiger partial charge on any atom is -0.472 e. The van der Waals surface area contributed by atoms with Gasteiger partial charge in [0.1, 0.15) is 0 Å². The van der Waals surface area contributed by atoms with Gasteiger partial charge in [0, 0.05) is 30.1 Å². The molecule has 2 rings (SSSR count). The summed E-state index contributed by atoms with van der Waals surface area (Å²) in [6, 6.07) is 2.79. The molecule has 2 atom stereocenters. The van der Waals surface area contributed by atoms with Gasteiger partial charge >= 0.3 is 0 Å². The van der Waals surface area contributed by atoms with E-state index < -0.39 is 0 Å². The predicted octanol–water partition coefficient (Wildman–Crippen LogP) is 0.701. The molecule has 0 spiro atoms. The molecule has 5 heteroatoms. The van der Waals surface area contributed by atoms with Crippen LogP contribution in [0.2, 0.25) is 0 Å². The van der Waals surface area contributed by atoms with Crippen LogP contribution >= 0.6 is 11.8 Å². The van der Waals surface area contributed by atoms with Gasteiger partial charge in [0.25, 0.3) is 0 Å². The monoisotopic (exact) mass is 241 g/mol. The van der Waals surface area contributed by atoms with E-state index in [1.54, 1.807) is 12.5 Å². The first kappa shape index (κ1) is 12.0. The molecule has 0 saturated carbocycles. The van der Waals surface area contributed by atoms with Crippen LogP contribution in [0.1, 0.15) is 5.56 Å². The Labute approximate surface area is 101 Å². The predicted molar refractivity (Wildman–Crippen MR) is 67.3 cm³/mol. The zero-order valence-electron chi connectivity index (χ0n) is 9.56. The molecule has 1 aromatic rings. The van der Waals surface area contributed by atoms with Crippen LogP contribution in [0.4, 0.5) is 0 Å². The summed E-state index contributed by atoms with van der Waals surface area (Å²) < 4.78 is 5.09. The van der Waals surface area contributed by atoms with Crippen LogP contribution in [0.15, 0.2) is 23.0 Å². The number of nitrogens with two attached hydrogens (primary N) is 1. The van der Waals surface area contributed by atoms with Crippen molar-refractivity contribution in [3.05, 3.63) is 24.2 Å². The number of furan rings is 1. The smallest absolute Gasteiger partial charge is 0.0935 e. The first-order valence-electron chi connectivity index (χ1n) is 5.56. The Hall–Kier alpha value is -0.490. The van der Waals surface area contributed by atoms with Crippen molar-refractivity contribution < 1.29 is 4.42 Å². The Kier molecular flexibility index (Phi) is 4.29. The molecule has 1 aliphatic rings. The fraction of sp³-hybridized carbons (Fsp3) is 0.636. The maximum absolute atomic E-state index is 5.67. The van der Waals surface area contributed by atoms with Crippen molar-refractivity contribution in [1.82, 2.24) is 10.3 Å². The summed E-state index contributed by atoms with van der Waals surface area (Å²) in [5.41, 5.74) is 4.14. The van der Waals surface area contributed by atoms with Gasteiger partial charge in [-0.1, -0.05) is 0 Å². The third-order valence-corrected chi connectivity index (χ3v) is 4.21. The average Bonchev–Trinajstić information content (AvgIpc) is 2.80. The van der Waals surface area contributed by atoms with Gasteiger partial charge < -0.3 is 9.32 Å². The molecular formula is C11H19N3OS. The Balaban J connectivity index is 1.98. The van der Waals surface area contributed by atoms with Crippen molar-refractivity contribution in [3.63, 3.8) is 0 Å². The van der Waals surface area contributed by atoms with Crippen LogP contribution < -0.4 is 11.3 Å². The van der Waals surface area contributed by atoms with E-state index >= 15 is 0 Å². The van der Waals surface area contributed by atoms with Gasteiger partial charge in [-0.15, -0.1) is 0 Å². The highest BCUT2D eigenvalue weighted by Crippen LogP contribution is 2.19. The zero-order valence-corrected chi connectivity index (χ0v) is 10.4. The Morgan fingerprint density at radius 1 is 1.75 bits per heavy atom. The molecule has 0 radical (unpaired) electrons. The minimum atomic E-state index is 0.287. The van der Waals surface area contributed by atoms with E-state index in [0.717, 1.165) is 18.7 Å². The number of rotatable bonds is 4. The lowest BCUT2D eigenvalue weighted by Gasteiger charge is -2.37. The van der Waals surface area contributed by atoms with Gasteiger partial charge in [0.15, 0.2) is 0 Å². The fourth-order valence-electron chi connectivity index (χ4n) is 2.10. The normalized spacial score (nSPS) is 24.5. The zero-order chi connectivity index (χ0) is 11.4. The number of thioether (sulfide) groups is 1. The van der Waals surface area contributed by atoms with E-state index in [1.807, 2.05) is 17.8 Å². The maximum atomic E-state index is 5.67. The first-order valence-corrected chi connectivity index (χ1v) is 6.72. The van der Waals surface area contributed by atoms with Crippen LogP contribution in [-0.4, -0.2) is 42.1 Å². The van der Waals surface area contributed by atoms with Crippen molar-refractivity contribution >= 4 is 11.8 Å². The van der Waals surface area contributed by atoms with Crippen LogP contribution in [0.3, 0.4) is 0 Å². The lowest BCUT2D eigenvalue weighted by Crippen LogP contribution is -2.55. The van der Waals surface area contributed by atoms with E-state index in [4.69, 9.17) is 10.3 Å². The lowest BCUT2D eigenvalue weighted by molar-refractivity contribution is 0.214. The molecule has 0 amide bonds. The lowest BCUT2D eigenvalue weighted by atomic mass is 10.0. The number of nitrogens with zero attached hydrogens (tertiary/aromatic N) is 1. The van der Waals surface area contributed by atoms with Crippen molar-refractivity contribution in [2.45, 2.75) is 18.5 Å². The summed E-state index contributed by atoms with van der Waals surface area (Å²) >= 11 is 2.00. The van der Waals surface area contributed by atoms with E-state index in [-0.39, 0.29) is 6.04 Å². The molecule has 2 heterocycles. The second kappa shape index (κ2) is 5.72. The molecular weight excluding hydrogens is 222 g/mol. The van der Waals surface area contributed by atoms with Crippen molar-refractivity contribution in [1.29, 1.82) is 0 Å². The summed E-state index contributed by atoms with van der Waals surface area (Å²) in [4.78, 5) is 2.39. The van der Waals surface area contributed by atoms with Gasteiger partial charge in [-0.2, -0.15) is 11.8 Å². The van der Waals surface area contributed by atoms with Crippen molar-refractivity contribution in [3.8, 4) is 0 Å². The molecule has 0 aliphatic carbocycles. The van der Waals surface area contributed by atoms with E-state index in [9.17, 15) is 0 Å². The van der Waals surface area contributed by atoms with Gasteiger partial charge in [0.05, 0.1) is 12.5 Å². The number of hydrazine groups is 1. The fourth-order valence-corrected chi connectivity index (χ4v) is 3.41. The quantitative estimate of drug-likeness (QED) is 0.600. The highest BCUT2D eigenvalue weighted by atomic mass is 32.2. The number of likely N-dealkylation sites (N-methyl/N-ethyl adjacent to an activating group) is 1. The second-order valence-corrected chi connectivity index (χ2v) is 5.38. The maximum Gasteiger partial charge on any atom is 0.0935 e. The highest BCUT2D eigenvalue weighted by molar-refractivity contribution is 7.99. The second-order valence-electron chi connectivity index (χ2n) is 4.23. The van der Waals surface area contributed by atoms with Crippen molar-refractivity contribution in [2.75, 3.05) is 25.1 Å². The Morgan fingerprint density at radius 3 is 3.25 bits per heavy atom. The molecule has 0 aromatic carbocycles. The number of hydrogen-bond acceptors (Lipinski definition) is 5. The summed E-state index contributed by atoms with van der Waals surface area (Å²) in [6.45, 7) is 1.14. The molecule has 4 nitrogen and oxygen atoms in total. The molecule has 1 fully saturated rings. The van der Waals surface area contributed by atoms with Crippen LogP contribution in [0, 0.1) is 0 Å². The van der Waals surface area contributed by atoms with Gasteiger partial charge in [-0.05, 0) is 25.1 Å².